The highest BCUT2D eigenvalue weighted by atomic mass is 16.5. The van der Waals surface area contributed by atoms with E-state index in [0.29, 0.717) is 18.4 Å². The molecular weight excluding hydrogens is 400 g/mol. The van der Waals surface area contributed by atoms with Crippen LogP contribution in [0.1, 0.15) is 17.5 Å². The van der Waals surface area contributed by atoms with E-state index in [1.165, 1.54) is 7.11 Å². The van der Waals surface area contributed by atoms with Crippen LogP contribution in [-0.2, 0) is 16.0 Å². The van der Waals surface area contributed by atoms with Gasteiger partial charge in [-0.1, -0.05) is 54.6 Å². The number of hydrogen-bond donors (Lipinski definition) is 2. The predicted molar refractivity (Wildman–Crippen MR) is 126 cm³/mol. The summed E-state index contributed by atoms with van der Waals surface area (Å²) >= 11 is 0. The molecule has 3 aromatic carbocycles. The molecule has 3 N–H and O–H groups in total. The summed E-state index contributed by atoms with van der Waals surface area (Å²) in [4.78, 5) is 16.3. The van der Waals surface area contributed by atoms with E-state index < -0.39 is 0 Å². The summed E-state index contributed by atoms with van der Waals surface area (Å²) < 4.78 is 6.76. The van der Waals surface area contributed by atoms with Gasteiger partial charge in [-0.25, -0.2) is 4.98 Å². The van der Waals surface area contributed by atoms with Gasteiger partial charge < -0.3 is 10.5 Å². The van der Waals surface area contributed by atoms with Crippen molar-refractivity contribution in [2.45, 2.75) is 12.8 Å². The number of nitrogens with zero attached hydrogens (tertiary/aromatic N) is 2. The number of aromatic nitrogens is 2. The SMILES string of the molecule is COC(=O)CCc1ccc(-c2cn(-c3ccc(C(=N)N)cc3)c(-c3ccccc3)n2)cc1. The Hall–Kier alpha value is -4.19. The summed E-state index contributed by atoms with van der Waals surface area (Å²) in [7, 11) is 1.40. The Morgan fingerprint density at radius 1 is 0.969 bits per heavy atom. The maximum absolute atomic E-state index is 11.4. The number of carbonyl (C=O) groups excluding carboxylic acids is 1. The van der Waals surface area contributed by atoms with Crippen LogP contribution in [0, 0.1) is 5.41 Å². The number of nitrogens with two attached hydrogens (primary N) is 1. The third kappa shape index (κ3) is 4.59. The van der Waals surface area contributed by atoms with Crippen molar-refractivity contribution in [2.24, 2.45) is 5.73 Å². The summed E-state index contributed by atoms with van der Waals surface area (Å²) in [5, 5.41) is 7.62. The molecule has 0 radical (unpaired) electrons. The van der Waals surface area contributed by atoms with Gasteiger partial charge in [-0.15, -0.1) is 0 Å². The second kappa shape index (κ2) is 9.31. The Kier molecular flexibility index (Phi) is 6.12. The van der Waals surface area contributed by atoms with Crippen molar-refractivity contribution in [3.05, 3.63) is 96.2 Å². The van der Waals surface area contributed by atoms with Crippen LogP contribution < -0.4 is 5.73 Å². The Labute approximate surface area is 186 Å². The zero-order valence-electron chi connectivity index (χ0n) is 17.8. The minimum absolute atomic E-state index is 0.0402. The van der Waals surface area contributed by atoms with Gasteiger partial charge in [-0.3, -0.25) is 14.8 Å². The zero-order valence-corrected chi connectivity index (χ0v) is 17.8. The Morgan fingerprint density at radius 2 is 1.66 bits per heavy atom. The number of ether oxygens (including phenoxy) is 1. The van der Waals surface area contributed by atoms with Gasteiger partial charge in [0.15, 0.2) is 0 Å². The van der Waals surface area contributed by atoms with Crippen LogP contribution >= 0.6 is 0 Å². The number of esters is 1. The highest BCUT2D eigenvalue weighted by Gasteiger charge is 2.13. The standard InChI is InChI=1S/C26H24N4O2/c1-32-24(31)16-9-18-7-10-19(11-8-18)23-17-30(22-14-12-20(13-15-22)25(27)28)26(29-23)21-5-3-2-4-6-21/h2-8,10-15,17H,9,16H2,1H3,(H3,27,28). The maximum Gasteiger partial charge on any atom is 0.305 e. The van der Waals surface area contributed by atoms with E-state index in [1.807, 2.05) is 89.6 Å². The molecule has 0 aliphatic heterocycles. The molecule has 0 unspecified atom stereocenters. The molecule has 0 fully saturated rings. The van der Waals surface area contributed by atoms with E-state index in [1.54, 1.807) is 0 Å². The van der Waals surface area contributed by atoms with E-state index in [9.17, 15) is 4.79 Å². The van der Waals surface area contributed by atoms with Crippen LogP contribution in [-0.4, -0.2) is 28.5 Å². The lowest BCUT2D eigenvalue weighted by Crippen LogP contribution is -2.10. The van der Waals surface area contributed by atoms with Gasteiger partial charge in [0.25, 0.3) is 0 Å². The second-order valence-electron chi connectivity index (χ2n) is 7.42. The van der Waals surface area contributed by atoms with Gasteiger partial charge in [0.2, 0.25) is 0 Å². The lowest BCUT2D eigenvalue weighted by molar-refractivity contribution is -0.140. The number of methoxy groups -OCH3 is 1. The van der Waals surface area contributed by atoms with Crippen molar-refractivity contribution >= 4 is 11.8 Å². The Balaban J connectivity index is 1.69. The van der Waals surface area contributed by atoms with Crippen LogP contribution in [0.3, 0.4) is 0 Å². The molecule has 0 saturated carbocycles. The number of rotatable bonds is 7. The summed E-state index contributed by atoms with van der Waals surface area (Å²) in [6, 6.07) is 25.6. The van der Waals surface area contributed by atoms with Crippen LogP contribution in [0.5, 0.6) is 0 Å². The minimum atomic E-state index is -0.212. The smallest absolute Gasteiger partial charge is 0.305 e. The first-order valence-corrected chi connectivity index (χ1v) is 10.3. The topological polar surface area (TPSA) is 94.0 Å². The van der Waals surface area contributed by atoms with Crippen molar-refractivity contribution in [3.8, 4) is 28.3 Å². The van der Waals surface area contributed by atoms with E-state index >= 15 is 0 Å². The fourth-order valence-corrected chi connectivity index (χ4v) is 3.50. The molecule has 0 bridgehead atoms. The molecule has 0 amide bonds. The third-order valence-corrected chi connectivity index (χ3v) is 5.29. The largest absolute Gasteiger partial charge is 0.469 e. The summed E-state index contributed by atoms with van der Waals surface area (Å²) in [5.74, 6) is 0.653. The molecule has 0 atom stereocenters. The third-order valence-electron chi connectivity index (χ3n) is 5.29. The Bertz CT molecular complexity index is 1230. The normalized spacial score (nSPS) is 10.7. The number of amidine groups is 1. The fraction of sp³-hybridized carbons (Fsp3) is 0.115. The lowest BCUT2D eigenvalue weighted by atomic mass is 10.1. The Morgan fingerprint density at radius 3 is 2.28 bits per heavy atom. The van der Waals surface area contributed by atoms with Crippen LogP contribution in [0.4, 0.5) is 0 Å². The van der Waals surface area contributed by atoms with Crippen LogP contribution in [0.15, 0.2) is 85.1 Å². The monoisotopic (exact) mass is 424 g/mol. The van der Waals surface area contributed by atoms with E-state index in [-0.39, 0.29) is 11.8 Å². The molecule has 160 valence electrons. The molecule has 6 nitrogen and oxygen atoms in total. The average molecular weight is 425 g/mol. The molecular formula is C26H24N4O2. The van der Waals surface area contributed by atoms with E-state index in [0.717, 1.165) is 33.9 Å². The molecule has 6 heteroatoms. The van der Waals surface area contributed by atoms with Crippen LogP contribution in [0.25, 0.3) is 28.3 Å². The maximum atomic E-state index is 11.4. The average Bonchev–Trinajstić information content (AvgIpc) is 3.29. The van der Waals surface area contributed by atoms with Crippen molar-refractivity contribution in [2.75, 3.05) is 7.11 Å². The summed E-state index contributed by atoms with van der Waals surface area (Å²) in [6.45, 7) is 0. The molecule has 0 spiro atoms. The second-order valence-corrected chi connectivity index (χ2v) is 7.42. The van der Waals surface area contributed by atoms with E-state index in [4.69, 9.17) is 20.9 Å². The van der Waals surface area contributed by atoms with Gasteiger partial charge in [0.1, 0.15) is 11.7 Å². The molecule has 0 aliphatic carbocycles. The predicted octanol–water partition coefficient (Wildman–Crippen LogP) is 4.60. The number of carbonyl (C=O) groups is 1. The molecule has 1 heterocycles. The zero-order chi connectivity index (χ0) is 22.5. The summed E-state index contributed by atoms with van der Waals surface area (Å²) in [5.41, 5.74) is 11.1. The van der Waals surface area contributed by atoms with Gasteiger partial charge >= 0.3 is 5.97 Å². The first-order chi connectivity index (χ1) is 15.5. The number of hydrogen-bond acceptors (Lipinski definition) is 4. The lowest BCUT2D eigenvalue weighted by Gasteiger charge is -2.08. The van der Waals surface area contributed by atoms with E-state index in [2.05, 4.69) is 0 Å². The van der Waals surface area contributed by atoms with Crippen molar-refractivity contribution in [3.63, 3.8) is 0 Å². The first kappa shape index (κ1) is 21.1. The van der Waals surface area contributed by atoms with Crippen molar-refractivity contribution in [1.29, 1.82) is 5.41 Å². The number of nitrogens with one attached hydrogen (secondary N) is 1. The van der Waals surface area contributed by atoms with Gasteiger partial charge in [-0.2, -0.15) is 0 Å². The number of aryl methyl sites for hydroxylation is 1. The molecule has 4 aromatic rings. The van der Waals surface area contributed by atoms with Gasteiger partial charge in [0, 0.05) is 35.0 Å². The first-order valence-electron chi connectivity index (χ1n) is 10.3. The molecule has 1 aromatic heterocycles. The quantitative estimate of drug-likeness (QED) is 0.258. The number of benzene rings is 3. The molecule has 4 rings (SSSR count). The number of nitrogen functional groups attached to an aromatic ring is 1. The molecule has 32 heavy (non-hydrogen) atoms. The highest BCUT2D eigenvalue weighted by molar-refractivity contribution is 5.95. The van der Waals surface area contributed by atoms with Gasteiger partial charge in [0.05, 0.1) is 12.8 Å². The number of imidazole rings is 1. The van der Waals surface area contributed by atoms with Crippen molar-refractivity contribution in [1.82, 2.24) is 9.55 Å². The minimum Gasteiger partial charge on any atom is -0.469 e. The highest BCUT2D eigenvalue weighted by Crippen LogP contribution is 2.28. The fourth-order valence-electron chi connectivity index (χ4n) is 3.50. The van der Waals surface area contributed by atoms with Crippen molar-refractivity contribution < 1.29 is 9.53 Å². The van der Waals surface area contributed by atoms with Gasteiger partial charge in [-0.05, 0) is 36.2 Å². The summed E-state index contributed by atoms with van der Waals surface area (Å²) in [6.07, 6.45) is 3.01. The molecule has 0 aliphatic rings. The van der Waals surface area contributed by atoms with Crippen LogP contribution in [0.2, 0.25) is 0 Å². The molecule has 0 saturated heterocycles.